The minimum absolute atomic E-state index is 0.362. The molecular weight excluding hydrogens is 316 g/mol. The fraction of sp³-hybridized carbons (Fsp3) is 0.176. The maximum absolute atomic E-state index is 12.0. The van der Waals surface area contributed by atoms with Gasteiger partial charge in [0.1, 0.15) is 0 Å². The number of ether oxygens (including phenoxy) is 1. The van der Waals surface area contributed by atoms with Crippen LogP contribution in [0.1, 0.15) is 15.9 Å². The predicted molar refractivity (Wildman–Crippen MR) is 91.1 cm³/mol. The molecule has 6 heteroatoms. The molecule has 0 aromatic heterocycles. The standard InChI is InChI=1S/C17H17ClN2O3/c1-11-9-12(18)7-8-14(11)20-16(21)10-23-17(22)13-5-3-4-6-15(13)19-2/h3-9,19H,10H2,1-2H3,(H,20,21). The topological polar surface area (TPSA) is 67.4 Å². The molecule has 0 heterocycles. The van der Waals surface area contributed by atoms with Crippen LogP contribution in [0.25, 0.3) is 0 Å². The lowest BCUT2D eigenvalue weighted by Crippen LogP contribution is -2.21. The van der Waals surface area contributed by atoms with Crippen molar-refractivity contribution in [3.8, 4) is 0 Å². The SMILES string of the molecule is CNc1ccccc1C(=O)OCC(=O)Nc1ccc(Cl)cc1C. The molecule has 0 aliphatic rings. The molecule has 0 fully saturated rings. The van der Waals surface area contributed by atoms with E-state index in [1.165, 1.54) is 0 Å². The smallest absolute Gasteiger partial charge is 0.340 e. The summed E-state index contributed by atoms with van der Waals surface area (Å²) in [4.78, 5) is 23.9. The fourth-order valence-corrected chi connectivity index (χ4v) is 2.27. The van der Waals surface area contributed by atoms with E-state index in [0.717, 1.165) is 5.56 Å². The van der Waals surface area contributed by atoms with Crippen LogP contribution >= 0.6 is 11.6 Å². The van der Waals surface area contributed by atoms with Crippen molar-refractivity contribution < 1.29 is 14.3 Å². The van der Waals surface area contributed by atoms with Crippen molar-refractivity contribution in [1.82, 2.24) is 0 Å². The predicted octanol–water partition coefficient (Wildman–Crippen LogP) is 3.49. The number of rotatable bonds is 5. The number of para-hydroxylation sites is 1. The summed E-state index contributed by atoms with van der Waals surface area (Å²) in [6.45, 7) is 1.47. The number of hydrogen-bond donors (Lipinski definition) is 2. The van der Waals surface area contributed by atoms with Crippen molar-refractivity contribution >= 4 is 34.9 Å². The van der Waals surface area contributed by atoms with Crippen LogP contribution < -0.4 is 10.6 Å². The Morgan fingerprint density at radius 2 is 1.87 bits per heavy atom. The van der Waals surface area contributed by atoms with Crippen LogP contribution in [0.3, 0.4) is 0 Å². The van der Waals surface area contributed by atoms with Gasteiger partial charge in [0.05, 0.1) is 5.56 Å². The Kier molecular flexibility index (Phi) is 5.60. The normalized spacial score (nSPS) is 10.0. The Morgan fingerprint density at radius 1 is 1.13 bits per heavy atom. The van der Waals surface area contributed by atoms with Gasteiger partial charge in [0.2, 0.25) is 0 Å². The van der Waals surface area contributed by atoms with Crippen LogP contribution in [0.2, 0.25) is 5.02 Å². The molecule has 0 aliphatic carbocycles. The Bertz CT molecular complexity index is 732. The summed E-state index contributed by atoms with van der Waals surface area (Å²) in [6, 6.07) is 12.1. The molecule has 0 aliphatic heterocycles. The summed E-state index contributed by atoms with van der Waals surface area (Å²) in [5, 5.41) is 6.18. The van der Waals surface area contributed by atoms with E-state index in [9.17, 15) is 9.59 Å². The summed E-state index contributed by atoms with van der Waals surface area (Å²) in [6.07, 6.45) is 0. The molecule has 23 heavy (non-hydrogen) atoms. The summed E-state index contributed by atoms with van der Waals surface area (Å²) in [5.74, 6) is -0.969. The maximum Gasteiger partial charge on any atom is 0.340 e. The highest BCUT2D eigenvalue weighted by Crippen LogP contribution is 2.19. The average Bonchev–Trinajstić information content (AvgIpc) is 2.55. The van der Waals surface area contributed by atoms with Crippen molar-refractivity contribution in [2.45, 2.75) is 6.92 Å². The van der Waals surface area contributed by atoms with Crippen LogP contribution in [0, 0.1) is 6.92 Å². The number of aryl methyl sites for hydroxylation is 1. The van der Waals surface area contributed by atoms with Crippen LogP contribution in [-0.2, 0) is 9.53 Å². The molecule has 0 radical (unpaired) electrons. The highest BCUT2D eigenvalue weighted by atomic mass is 35.5. The van der Waals surface area contributed by atoms with E-state index in [1.807, 2.05) is 6.92 Å². The molecule has 0 saturated heterocycles. The van der Waals surface area contributed by atoms with Crippen molar-refractivity contribution in [1.29, 1.82) is 0 Å². The molecule has 0 saturated carbocycles. The number of benzene rings is 2. The van der Waals surface area contributed by atoms with Crippen LogP contribution in [0.15, 0.2) is 42.5 Å². The first-order valence-corrected chi connectivity index (χ1v) is 7.39. The second-order valence-electron chi connectivity index (χ2n) is 4.88. The highest BCUT2D eigenvalue weighted by molar-refractivity contribution is 6.30. The number of carbonyl (C=O) groups excluding carboxylic acids is 2. The number of carbonyl (C=O) groups is 2. The van der Waals surface area contributed by atoms with Crippen molar-refractivity contribution in [3.05, 3.63) is 58.6 Å². The van der Waals surface area contributed by atoms with Crippen molar-refractivity contribution in [2.75, 3.05) is 24.3 Å². The molecule has 1 amide bonds. The van der Waals surface area contributed by atoms with E-state index in [-0.39, 0.29) is 6.61 Å². The third-order valence-electron chi connectivity index (χ3n) is 3.21. The molecule has 2 N–H and O–H groups in total. The Hall–Kier alpha value is -2.53. The highest BCUT2D eigenvalue weighted by Gasteiger charge is 2.14. The Balaban J connectivity index is 1.95. The maximum atomic E-state index is 12.0. The van der Waals surface area contributed by atoms with Gasteiger partial charge in [-0.3, -0.25) is 4.79 Å². The van der Waals surface area contributed by atoms with Gasteiger partial charge in [-0.05, 0) is 42.8 Å². The van der Waals surface area contributed by atoms with E-state index < -0.39 is 11.9 Å². The molecular formula is C17H17ClN2O3. The molecule has 0 bridgehead atoms. The summed E-state index contributed by atoms with van der Waals surface area (Å²) in [7, 11) is 1.71. The third kappa shape index (κ3) is 4.47. The van der Waals surface area contributed by atoms with E-state index in [4.69, 9.17) is 16.3 Å². The molecule has 2 rings (SSSR count). The zero-order chi connectivity index (χ0) is 16.8. The first-order chi connectivity index (χ1) is 11.0. The molecule has 5 nitrogen and oxygen atoms in total. The minimum atomic E-state index is -0.557. The first-order valence-electron chi connectivity index (χ1n) is 7.01. The number of halogens is 1. The molecule has 120 valence electrons. The van der Waals surface area contributed by atoms with Crippen molar-refractivity contribution in [2.24, 2.45) is 0 Å². The number of amides is 1. The van der Waals surface area contributed by atoms with Gasteiger partial charge in [-0.15, -0.1) is 0 Å². The number of hydrogen-bond acceptors (Lipinski definition) is 4. The summed E-state index contributed by atoms with van der Waals surface area (Å²) in [5.41, 5.74) is 2.49. The van der Waals surface area contributed by atoms with Crippen LogP contribution in [-0.4, -0.2) is 25.5 Å². The zero-order valence-electron chi connectivity index (χ0n) is 12.9. The molecule has 2 aromatic rings. The van der Waals surface area contributed by atoms with E-state index in [2.05, 4.69) is 10.6 Å². The van der Waals surface area contributed by atoms with Gasteiger partial charge in [0.25, 0.3) is 5.91 Å². The molecule has 0 spiro atoms. The Morgan fingerprint density at radius 3 is 2.57 bits per heavy atom. The molecule has 0 unspecified atom stereocenters. The van der Waals surface area contributed by atoms with Gasteiger partial charge in [0.15, 0.2) is 6.61 Å². The molecule has 2 aromatic carbocycles. The molecule has 0 atom stereocenters. The largest absolute Gasteiger partial charge is 0.452 e. The van der Waals surface area contributed by atoms with Crippen LogP contribution in [0.5, 0.6) is 0 Å². The lowest BCUT2D eigenvalue weighted by atomic mass is 10.2. The number of anilines is 2. The average molecular weight is 333 g/mol. The van der Waals surface area contributed by atoms with Gasteiger partial charge in [-0.1, -0.05) is 23.7 Å². The monoisotopic (exact) mass is 332 g/mol. The zero-order valence-corrected chi connectivity index (χ0v) is 13.6. The van der Waals surface area contributed by atoms with E-state index in [0.29, 0.717) is 22.0 Å². The Labute approximate surface area is 139 Å². The lowest BCUT2D eigenvalue weighted by Gasteiger charge is -2.10. The third-order valence-corrected chi connectivity index (χ3v) is 3.45. The van der Waals surface area contributed by atoms with Gasteiger partial charge in [0, 0.05) is 23.4 Å². The van der Waals surface area contributed by atoms with Crippen molar-refractivity contribution in [3.63, 3.8) is 0 Å². The first kappa shape index (κ1) is 16.8. The van der Waals surface area contributed by atoms with E-state index >= 15 is 0 Å². The number of esters is 1. The quantitative estimate of drug-likeness (QED) is 0.822. The van der Waals surface area contributed by atoms with Gasteiger partial charge in [-0.2, -0.15) is 0 Å². The van der Waals surface area contributed by atoms with Gasteiger partial charge < -0.3 is 15.4 Å². The lowest BCUT2D eigenvalue weighted by molar-refractivity contribution is -0.119. The second kappa shape index (κ2) is 7.65. The summed E-state index contributed by atoms with van der Waals surface area (Å²) < 4.78 is 5.05. The fourth-order valence-electron chi connectivity index (χ4n) is 2.04. The number of nitrogens with one attached hydrogen (secondary N) is 2. The van der Waals surface area contributed by atoms with Gasteiger partial charge >= 0.3 is 5.97 Å². The summed E-state index contributed by atoms with van der Waals surface area (Å²) >= 11 is 5.86. The van der Waals surface area contributed by atoms with Gasteiger partial charge in [-0.25, -0.2) is 4.79 Å². The minimum Gasteiger partial charge on any atom is -0.452 e. The van der Waals surface area contributed by atoms with Crippen LogP contribution in [0.4, 0.5) is 11.4 Å². The van der Waals surface area contributed by atoms with E-state index in [1.54, 1.807) is 49.5 Å². The second-order valence-corrected chi connectivity index (χ2v) is 5.32.